The summed E-state index contributed by atoms with van der Waals surface area (Å²) >= 11 is 3.44. The van der Waals surface area contributed by atoms with Crippen LogP contribution in [-0.4, -0.2) is 22.7 Å². The number of aromatic amines is 1. The zero-order valence-corrected chi connectivity index (χ0v) is 9.79. The molecule has 0 fully saturated rings. The summed E-state index contributed by atoms with van der Waals surface area (Å²) in [6, 6.07) is 5.88. The highest BCUT2D eigenvalue weighted by atomic mass is 79.9. The topological polar surface area (TPSA) is 62.0 Å². The van der Waals surface area contributed by atoms with Crippen LogP contribution in [0.3, 0.4) is 0 Å². The highest BCUT2D eigenvalue weighted by Gasteiger charge is 2.08. The quantitative estimate of drug-likeness (QED) is 0.795. The Bertz CT molecular complexity index is 467. The highest BCUT2D eigenvalue weighted by molar-refractivity contribution is 9.10. The Balaban J connectivity index is 2.39. The van der Waals surface area contributed by atoms with E-state index < -0.39 is 0 Å². The van der Waals surface area contributed by atoms with Crippen LogP contribution in [0.2, 0.25) is 0 Å². The van der Waals surface area contributed by atoms with Crippen molar-refractivity contribution in [2.24, 2.45) is 5.73 Å². The molecule has 0 spiro atoms. The van der Waals surface area contributed by atoms with Gasteiger partial charge in [0.15, 0.2) is 0 Å². The molecule has 3 nitrogen and oxygen atoms in total. The van der Waals surface area contributed by atoms with Crippen molar-refractivity contribution in [1.82, 2.24) is 4.98 Å². The number of H-pyrrole nitrogens is 1. The van der Waals surface area contributed by atoms with Crippen molar-refractivity contribution in [3.63, 3.8) is 0 Å². The third kappa shape index (κ3) is 2.22. The lowest BCUT2D eigenvalue weighted by Gasteiger charge is -2.06. The van der Waals surface area contributed by atoms with E-state index in [2.05, 4.69) is 27.0 Å². The van der Waals surface area contributed by atoms with E-state index in [4.69, 9.17) is 10.8 Å². The molecule has 1 aromatic carbocycles. The predicted octanol–water partition coefficient (Wildman–Crippen LogP) is 1.79. The monoisotopic (exact) mass is 268 g/mol. The number of hydrogen-bond donors (Lipinski definition) is 3. The minimum absolute atomic E-state index is 0.0146. The second-order valence-electron chi connectivity index (χ2n) is 3.65. The van der Waals surface area contributed by atoms with Crippen molar-refractivity contribution in [2.75, 3.05) is 6.61 Å². The first-order valence-corrected chi connectivity index (χ1v) is 5.62. The normalized spacial score (nSPS) is 13.3. The van der Waals surface area contributed by atoms with E-state index in [1.807, 2.05) is 18.3 Å². The summed E-state index contributed by atoms with van der Waals surface area (Å²) in [5.74, 6) is 0. The maximum absolute atomic E-state index is 8.92. The van der Waals surface area contributed by atoms with E-state index in [1.54, 1.807) is 0 Å². The summed E-state index contributed by atoms with van der Waals surface area (Å²) in [6.07, 6.45) is 2.64. The van der Waals surface area contributed by atoms with Crippen LogP contribution < -0.4 is 5.73 Å². The average Bonchev–Trinajstić information content (AvgIpc) is 2.61. The smallest absolute Gasteiger partial charge is 0.0585 e. The molecule has 4 heteroatoms. The van der Waals surface area contributed by atoms with Crippen LogP contribution in [-0.2, 0) is 6.42 Å². The van der Waals surface area contributed by atoms with E-state index in [9.17, 15) is 0 Å². The lowest BCUT2D eigenvalue weighted by molar-refractivity contribution is 0.265. The Kier molecular flexibility index (Phi) is 3.09. The summed E-state index contributed by atoms with van der Waals surface area (Å²) in [7, 11) is 0. The summed E-state index contributed by atoms with van der Waals surface area (Å²) in [5.41, 5.74) is 7.96. The summed E-state index contributed by atoms with van der Waals surface area (Å²) in [4.78, 5) is 3.19. The lowest BCUT2D eigenvalue weighted by Crippen LogP contribution is -2.26. The molecule has 1 atom stereocenters. The summed E-state index contributed by atoms with van der Waals surface area (Å²) in [5, 5.41) is 10.1. The van der Waals surface area contributed by atoms with Crippen molar-refractivity contribution in [3.05, 3.63) is 34.4 Å². The Labute approximate surface area is 96.4 Å². The number of benzene rings is 1. The molecule has 1 aromatic heterocycles. The van der Waals surface area contributed by atoms with Gasteiger partial charge in [-0.1, -0.05) is 15.9 Å². The third-order valence-electron chi connectivity index (χ3n) is 2.45. The second-order valence-corrected chi connectivity index (χ2v) is 4.57. The molecular weight excluding hydrogens is 256 g/mol. The molecule has 0 saturated carbocycles. The Morgan fingerprint density at radius 3 is 3.00 bits per heavy atom. The van der Waals surface area contributed by atoms with Gasteiger partial charge in [-0.05, 0) is 30.2 Å². The number of hydrogen-bond acceptors (Lipinski definition) is 2. The van der Waals surface area contributed by atoms with E-state index >= 15 is 0 Å². The highest BCUT2D eigenvalue weighted by Crippen LogP contribution is 2.23. The molecule has 0 amide bonds. The number of rotatable bonds is 3. The maximum Gasteiger partial charge on any atom is 0.0585 e. The van der Waals surface area contributed by atoms with Gasteiger partial charge >= 0.3 is 0 Å². The molecule has 2 rings (SSSR count). The number of nitrogens with one attached hydrogen (secondary N) is 1. The number of aliphatic hydroxyl groups excluding tert-OH is 1. The molecule has 0 saturated heterocycles. The average molecular weight is 269 g/mol. The first-order valence-electron chi connectivity index (χ1n) is 4.82. The van der Waals surface area contributed by atoms with Crippen molar-refractivity contribution >= 4 is 26.8 Å². The maximum atomic E-state index is 8.92. The number of fused-ring (bicyclic) bond motifs is 1. The SMILES string of the molecule is N[C@H](CO)Cc1c[nH]c2ccc(Br)cc12. The van der Waals surface area contributed by atoms with Crippen LogP contribution in [0.1, 0.15) is 5.56 Å². The van der Waals surface area contributed by atoms with Crippen LogP contribution in [0.5, 0.6) is 0 Å². The fourth-order valence-electron chi connectivity index (χ4n) is 1.67. The molecule has 0 bridgehead atoms. The molecule has 1 heterocycles. The van der Waals surface area contributed by atoms with Crippen molar-refractivity contribution in [1.29, 1.82) is 0 Å². The van der Waals surface area contributed by atoms with E-state index in [-0.39, 0.29) is 12.6 Å². The largest absolute Gasteiger partial charge is 0.395 e. The first-order chi connectivity index (χ1) is 7.20. The first kappa shape index (κ1) is 10.7. The Hall–Kier alpha value is -0.840. The van der Waals surface area contributed by atoms with Crippen molar-refractivity contribution in [2.45, 2.75) is 12.5 Å². The fraction of sp³-hybridized carbons (Fsp3) is 0.273. The lowest BCUT2D eigenvalue weighted by atomic mass is 10.1. The van der Waals surface area contributed by atoms with Crippen LogP contribution in [0, 0.1) is 0 Å². The Morgan fingerprint density at radius 2 is 2.27 bits per heavy atom. The van der Waals surface area contributed by atoms with Gasteiger partial charge in [0.05, 0.1) is 6.61 Å². The zero-order valence-electron chi connectivity index (χ0n) is 8.20. The van der Waals surface area contributed by atoms with Crippen molar-refractivity contribution < 1.29 is 5.11 Å². The van der Waals surface area contributed by atoms with Crippen LogP contribution in [0.4, 0.5) is 0 Å². The molecule has 0 aliphatic heterocycles. The van der Waals surface area contributed by atoms with Gasteiger partial charge in [0, 0.05) is 27.6 Å². The van der Waals surface area contributed by atoms with E-state index in [1.165, 1.54) is 0 Å². The van der Waals surface area contributed by atoms with Gasteiger partial charge in [-0.15, -0.1) is 0 Å². The van der Waals surface area contributed by atoms with Crippen LogP contribution in [0.25, 0.3) is 10.9 Å². The molecule has 15 heavy (non-hydrogen) atoms. The van der Waals surface area contributed by atoms with Crippen molar-refractivity contribution in [3.8, 4) is 0 Å². The van der Waals surface area contributed by atoms with Gasteiger partial charge < -0.3 is 15.8 Å². The van der Waals surface area contributed by atoms with Gasteiger partial charge in [0.1, 0.15) is 0 Å². The van der Waals surface area contributed by atoms with Gasteiger partial charge in [0.2, 0.25) is 0 Å². The number of halogens is 1. The minimum atomic E-state index is -0.192. The molecule has 0 aliphatic rings. The molecule has 80 valence electrons. The van der Waals surface area contributed by atoms with Gasteiger partial charge in [-0.2, -0.15) is 0 Å². The Morgan fingerprint density at radius 1 is 1.47 bits per heavy atom. The standard InChI is InChI=1S/C11H13BrN2O/c12-8-1-2-11-10(4-8)7(5-14-11)3-9(13)6-15/h1-2,4-5,9,14-15H,3,6,13H2/t9-/m0/s1. The molecule has 2 aromatic rings. The van der Waals surface area contributed by atoms with Gasteiger partial charge in [-0.3, -0.25) is 0 Å². The van der Waals surface area contributed by atoms with Gasteiger partial charge in [0.25, 0.3) is 0 Å². The fourth-order valence-corrected chi connectivity index (χ4v) is 2.03. The van der Waals surface area contributed by atoms with E-state index in [0.29, 0.717) is 6.42 Å². The molecule has 0 unspecified atom stereocenters. The molecule has 4 N–H and O–H groups in total. The molecular formula is C11H13BrN2O. The third-order valence-corrected chi connectivity index (χ3v) is 2.94. The summed E-state index contributed by atoms with van der Waals surface area (Å²) in [6.45, 7) is 0.0146. The number of aromatic nitrogens is 1. The molecule has 0 radical (unpaired) electrons. The van der Waals surface area contributed by atoms with Crippen LogP contribution >= 0.6 is 15.9 Å². The summed E-state index contributed by atoms with van der Waals surface area (Å²) < 4.78 is 1.05. The van der Waals surface area contributed by atoms with E-state index in [0.717, 1.165) is 20.9 Å². The van der Waals surface area contributed by atoms with Gasteiger partial charge in [-0.25, -0.2) is 0 Å². The van der Waals surface area contributed by atoms with Crippen LogP contribution in [0.15, 0.2) is 28.9 Å². The number of aliphatic hydroxyl groups is 1. The predicted molar refractivity (Wildman–Crippen MR) is 64.8 cm³/mol. The molecule has 0 aliphatic carbocycles. The number of nitrogens with two attached hydrogens (primary N) is 1. The zero-order chi connectivity index (χ0) is 10.8. The second kappa shape index (κ2) is 4.35. The minimum Gasteiger partial charge on any atom is -0.395 e.